The van der Waals surface area contributed by atoms with Crippen molar-refractivity contribution in [2.24, 2.45) is 0 Å². The minimum atomic E-state index is -5.07. The van der Waals surface area contributed by atoms with Crippen molar-refractivity contribution in [1.29, 1.82) is 0 Å². The van der Waals surface area contributed by atoms with E-state index in [1.807, 2.05) is 0 Å². The van der Waals surface area contributed by atoms with E-state index in [4.69, 9.17) is 15.3 Å². The summed E-state index contributed by atoms with van der Waals surface area (Å²) in [6.07, 6.45) is -5.07. The molecule has 0 saturated heterocycles. The number of alkyl halides is 3. The van der Waals surface area contributed by atoms with Gasteiger partial charge in [0.05, 0.1) is 0 Å². The fraction of sp³-hybridized carbons (Fsp3) is 0.667. The van der Waals surface area contributed by atoms with E-state index in [-0.39, 0.29) is 0 Å². The molecule has 0 spiro atoms. The molecule has 0 bridgehead atoms. The summed E-state index contributed by atoms with van der Waals surface area (Å²) < 4.78 is 33.9. The van der Waals surface area contributed by atoms with E-state index in [9.17, 15) is 18.0 Å². The summed E-state index contributed by atoms with van der Waals surface area (Å²) in [7, 11) is 0. The van der Waals surface area contributed by atoms with E-state index in [0.717, 1.165) is 0 Å². The van der Waals surface area contributed by atoms with Crippen molar-refractivity contribution in [2.75, 3.05) is 0 Å². The number of hydrogen-bond donors (Lipinski definition) is 3. The Labute approximate surface area is 52.5 Å². The van der Waals surface area contributed by atoms with E-state index in [1.165, 1.54) is 0 Å². The molecule has 0 aromatic carbocycles. The van der Waals surface area contributed by atoms with Crippen molar-refractivity contribution >= 4 is 5.78 Å². The highest BCUT2D eigenvalue weighted by molar-refractivity contribution is 5.88. The van der Waals surface area contributed by atoms with Gasteiger partial charge in [0.25, 0.3) is 0 Å². The van der Waals surface area contributed by atoms with Crippen molar-refractivity contribution in [3.8, 4) is 0 Å². The molecular formula is C3H3F3O4. The number of halogens is 3. The molecule has 0 aliphatic rings. The van der Waals surface area contributed by atoms with Gasteiger partial charge in [-0.2, -0.15) is 13.2 Å². The van der Waals surface area contributed by atoms with Gasteiger partial charge in [0.15, 0.2) is 0 Å². The lowest BCUT2D eigenvalue weighted by Crippen LogP contribution is -2.45. The van der Waals surface area contributed by atoms with E-state index in [2.05, 4.69) is 0 Å². The van der Waals surface area contributed by atoms with Gasteiger partial charge in [0.1, 0.15) is 0 Å². The highest BCUT2D eigenvalue weighted by Crippen LogP contribution is 2.17. The topological polar surface area (TPSA) is 77.8 Å². The lowest BCUT2D eigenvalue weighted by atomic mass is 10.3. The van der Waals surface area contributed by atoms with Gasteiger partial charge in [-0.25, -0.2) is 0 Å². The monoisotopic (exact) mass is 160 g/mol. The third-order valence-electron chi connectivity index (χ3n) is 0.562. The van der Waals surface area contributed by atoms with Gasteiger partial charge in [-0.05, 0) is 0 Å². The molecule has 4 nitrogen and oxygen atoms in total. The summed E-state index contributed by atoms with van der Waals surface area (Å²) >= 11 is 0. The van der Waals surface area contributed by atoms with E-state index in [0.29, 0.717) is 0 Å². The van der Waals surface area contributed by atoms with E-state index >= 15 is 0 Å². The Kier molecular flexibility index (Phi) is 2.04. The third-order valence-corrected chi connectivity index (χ3v) is 0.562. The van der Waals surface area contributed by atoms with Crippen molar-refractivity contribution in [3.05, 3.63) is 0 Å². The van der Waals surface area contributed by atoms with Gasteiger partial charge < -0.3 is 15.3 Å². The van der Waals surface area contributed by atoms with Crippen LogP contribution in [0.4, 0.5) is 13.2 Å². The minimum Gasteiger partial charge on any atom is -0.333 e. The first kappa shape index (κ1) is 9.34. The first-order valence-electron chi connectivity index (χ1n) is 1.94. The minimum absolute atomic E-state index is 3.01. The van der Waals surface area contributed by atoms with Crippen LogP contribution in [0.2, 0.25) is 0 Å². The summed E-state index contributed by atoms with van der Waals surface area (Å²) in [6, 6.07) is -4.70. The molecule has 0 aliphatic carbocycles. The molecule has 0 radical (unpaired) electrons. The maximum Gasteiger partial charge on any atom is 0.422 e. The predicted octanol–water partition coefficient (Wildman–Crippen LogP) is -1.25. The molecular weight excluding hydrogens is 157 g/mol. The van der Waals surface area contributed by atoms with Crippen LogP contribution in [0.3, 0.4) is 0 Å². The standard InChI is InChI=1S/C3H3F3O4/c4-2(5,8)1(7)3(6,9)10/h8-10H. The Hall–Kier alpha value is -0.660. The van der Waals surface area contributed by atoms with Gasteiger partial charge in [-0.1, -0.05) is 0 Å². The first-order valence-corrected chi connectivity index (χ1v) is 1.94. The molecule has 0 unspecified atom stereocenters. The average Bonchev–Trinajstić information content (AvgIpc) is 1.59. The zero-order valence-corrected chi connectivity index (χ0v) is 4.38. The van der Waals surface area contributed by atoms with Gasteiger partial charge in [0, 0.05) is 0 Å². The Morgan fingerprint density at radius 3 is 1.40 bits per heavy atom. The zero-order valence-electron chi connectivity index (χ0n) is 4.38. The van der Waals surface area contributed by atoms with E-state index < -0.39 is 17.9 Å². The highest BCUT2D eigenvalue weighted by atomic mass is 19.3. The third kappa shape index (κ3) is 2.29. The second-order valence-electron chi connectivity index (χ2n) is 1.46. The molecule has 3 N–H and O–H groups in total. The number of Topliss-reactive ketones (excluding diaryl/α,β-unsaturated/α-hetero) is 1. The molecule has 0 heterocycles. The first-order chi connectivity index (χ1) is 4.15. The lowest BCUT2D eigenvalue weighted by Gasteiger charge is -2.12. The highest BCUT2D eigenvalue weighted by Gasteiger charge is 2.50. The van der Waals surface area contributed by atoms with E-state index in [1.54, 1.807) is 0 Å². The Morgan fingerprint density at radius 2 is 1.40 bits per heavy atom. The average molecular weight is 160 g/mol. The largest absolute Gasteiger partial charge is 0.422 e. The summed E-state index contributed by atoms with van der Waals surface area (Å²) in [4.78, 5) is 9.61. The number of rotatable bonds is 2. The zero-order chi connectivity index (χ0) is 8.58. The summed E-state index contributed by atoms with van der Waals surface area (Å²) in [5.41, 5.74) is 0. The van der Waals surface area contributed by atoms with Crippen molar-refractivity contribution in [2.45, 2.75) is 12.1 Å². The normalized spacial score (nSPS) is 13.4. The Morgan fingerprint density at radius 1 is 1.10 bits per heavy atom. The molecule has 0 aromatic rings. The molecule has 10 heavy (non-hydrogen) atoms. The number of carbonyl (C=O) groups is 1. The summed E-state index contributed by atoms with van der Waals surface area (Å²) in [6.45, 7) is 0. The molecule has 0 rings (SSSR count). The van der Waals surface area contributed by atoms with Gasteiger partial charge in [-0.3, -0.25) is 4.79 Å². The van der Waals surface area contributed by atoms with Crippen LogP contribution in [0.5, 0.6) is 0 Å². The predicted molar refractivity (Wildman–Crippen MR) is 20.4 cm³/mol. The van der Waals surface area contributed by atoms with Crippen LogP contribution >= 0.6 is 0 Å². The van der Waals surface area contributed by atoms with Gasteiger partial charge in [0.2, 0.25) is 0 Å². The van der Waals surface area contributed by atoms with Crippen LogP contribution in [0.1, 0.15) is 0 Å². The van der Waals surface area contributed by atoms with Crippen LogP contribution in [-0.2, 0) is 4.79 Å². The molecule has 0 amide bonds. The van der Waals surface area contributed by atoms with Crippen molar-refractivity contribution in [1.82, 2.24) is 0 Å². The second-order valence-corrected chi connectivity index (χ2v) is 1.46. The Bertz CT molecular complexity index is 127. The molecule has 0 aromatic heterocycles. The number of hydrogen-bond acceptors (Lipinski definition) is 4. The SMILES string of the molecule is O=C(C(O)(O)F)C(O)(F)F. The van der Waals surface area contributed by atoms with Crippen molar-refractivity contribution < 1.29 is 33.3 Å². The molecule has 60 valence electrons. The molecule has 0 saturated carbocycles. The van der Waals surface area contributed by atoms with Gasteiger partial charge in [-0.15, -0.1) is 0 Å². The van der Waals surface area contributed by atoms with Crippen LogP contribution < -0.4 is 0 Å². The molecule has 0 atom stereocenters. The fourth-order valence-corrected chi connectivity index (χ4v) is 0.191. The van der Waals surface area contributed by atoms with Crippen LogP contribution in [-0.4, -0.2) is 33.3 Å². The van der Waals surface area contributed by atoms with Gasteiger partial charge >= 0.3 is 17.9 Å². The summed E-state index contributed by atoms with van der Waals surface area (Å²) in [5.74, 6) is -3.01. The number of carbonyl (C=O) groups excluding carboxylic acids is 1. The van der Waals surface area contributed by atoms with Crippen molar-refractivity contribution in [3.63, 3.8) is 0 Å². The quantitative estimate of drug-likeness (QED) is 0.441. The smallest absolute Gasteiger partial charge is 0.333 e. The maximum absolute atomic E-state index is 11.4. The lowest BCUT2D eigenvalue weighted by molar-refractivity contribution is -0.282. The van der Waals surface area contributed by atoms with Crippen LogP contribution in [0, 0.1) is 0 Å². The number of aliphatic hydroxyl groups is 3. The molecule has 0 fully saturated rings. The van der Waals surface area contributed by atoms with Crippen LogP contribution in [0.25, 0.3) is 0 Å². The van der Waals surface area contributed by atoms with Crippen LogP contribution in [0.15, 0.2) is 0 Å². The Balaban J connectivity index is 4.40. The summed E-state index contributed by atoms with van der Waals surface area (Å²) in [5, 5.41) is 22.4. The molecule has 0 aliphatic heterocycles. The maximum atomic E-state index is 11.4. The molecule has 7 heteroatoms. The fourth-order valence-electron chi connectivity index (χ4n) is 0.191. The second kappa shape index (κ2) is 2.19. The number of ketones is 1.